The maximum atomic E-state index is 13.3. The number of aliphatic hydroxyl groups is 1. The SMILES string of the molecule is Cc1ccc(N2C(=O)C(=O)/C(=C(/O)c3ccc(OCC(C)C)c(C)c3)C2c2cccnc2)cc1Cl. The minimum Gasteiger partial charge on any atom is -0.507 e. The zero-order chi connectivity index (χ0) is 25.3. The molecule has 0 aliphatic carbocycles. The smallest absolute Gasteiger partial charge is 0.300 e. The van der Waals surface area contributed by atoms with Crippen LogP contribution < -0.4 is 9.64 Å². The number of anilines is 1. The molecule has 180 valence electrons. The van der Waals surface area contributed by atoms with Crippen molar-refractivity contribution in [3.8, 4) is 5.75 Å². The van der Waals surface area contributed by atoms with Crippen molar-refractivity contribution in [3.05, 3.63) is 93.8 Å². The van der Waals surface area contributed by atoms with Crippen LogP contribution >= 0.6 is 11.6 Å². The van der Waals surface area contributed by atoms with Crippen LogP contribution in [0.1, 0.15) is 42.1 Å². The van der Waals surface area contributed by atoms with Crippen molar-refractivity contribution in [2.75, 3.05) is 11.5 Å². The highest BCUT2D eigenvalue weighted by molar-refractivity contribution is 6.51. The summed E-state index contributed by atoms with van der Waals surface area (Å²) in [5.41, 5.74) is 3.14. The molecule has 4 rings (SSSR count). The molecule has 0 radical (unpaired) electrons. The van der Waals surface area contributed by atoms with Crippen LogP contribution in [0, 0.1) is 19.8 Å². The summed E-state index contributed by atoms with van der Waals surface area (Å²) in [6.07, 6.45) is 3.19. The topological polar surface area (TPSA) is 79.7 Å². The van der Waals surface area contributed by atoms with E-state index in [9.17, 15) is 14.7 Å². The summed E-state index contributed by atoms with van der Waals surface area (Å²) in [4.78, 5) is 32.1. The van der Waals surface area contributed by atoms with Gasteiger partial charge < -0.3 is 9.84 Å². The highest BCUT2D eigenvalue weighted by Crippen LogP contribution is 2.43. The van der Waals surface area contributed by atoms with Crippen LogP contribution in [0.25, 0.3) is 5.76 Å². The third-order valence-corrected chi connectivity index (χ3v) is 6.31. The van der Waals surface area contributed by atoms with Crippen LogP contribution in [0.2, 0.25) is 5.02 Å². The number of rotatable bonds is 6. The average molecular weight is 491 g/mol. The first kappa shape index (κ1) is 24.5. The zero-order valence-corrected chi connectivity index (χ0v) is 20.8. The van der Waals surface area contributed by atoms with E-state index in [0.717, 1.165) is 11.1 Å². The minimum absolute atomic E-state index is 0.00468. The molecule has 3 aromatic rings. The Labute approximate surface area is 209 Å². The zero-order valence-electron chi connectivity index (χ0n) is 20.1. The van der Waals surface area contributed by atoms with Crippen LogP contribution in [-0.4, -0.2) is 28.4 Å². The summed E-state index contributed by atoms with van der Waals surface area (Å²) < 4.78 is 5.84. The molecule has 2 heterocycles. The number of aryl methyl sites for hydroxylation is 2. The van der Waals surface area contributed by atoms with Gasteiger partial charge in [0.05, 0.1) is 18.2 Å². The maximum Gasteiger partial charge on any atom is 0.300 e. The van der Waals surface area contributed by atoms with Gasteiger partial charge in [-0.25, -0.2) is 0 Å². The van der Waals surface area contributed by atoms with Gasteiger partial charge in [0.25, 0.3) is 11.7 Å². The van der Waals surface area contributed by atoms with Gasteiger partial charge in [0.2, 0.25) is 0 Å². The Morgan fingerprint density at radius 3 is 2.51 bits per heavy atom. The Morgan fingerprint density at radius 1 is 1.11 bits per heavy atom. The molecule has 1 saturated heterocycles. The van der Waals surface area contributed by atoms with E-state index in [1.54, 1.807) is 60.9 Å². The number of hydrogen-bond acceptors (Lipinski definition) is 5. The van der Waals surface area contributed by atoms with E-state index in [-0.39, 0.29) is 11.3 Å². The van der Waals surface area contributed by atoms with Gasteiger partial charge in [0, 0.05) is 28.7 Å². The number of carbonyl (C=O) groups excluding carboxylic acids is 2. The molecule has 1 amide bonds. The largest absolute Gasteiger partial charge is 0.507 e. The number of ether oxygens (including phenoxy) is 1. The van der Waals surface area contributed by atoms with E-state index in [1.807, 2.05) is 13.8 Å². The number of aromatic nitrogens is 1. The minimum atomic E-state index is -0.861. The number of ketones is 1. The summed E-state index contributed by atoms with van der Waals surface area (Å²) in [5, 5.41) is 11.8. The predicted molar refractivity (Wildman–Crippen MR) is 137 cm³/mol. The first-order valence-electron chi connectivity index (χ1n) is 11.4. The normalized spacial score (nSPS) is 17.3. The lowest BCUT2D eigenvalue weighted by molar-refractivity contribution is -0.132. The Bertz CT molecular complexity index is 1320. The molecule has 2 aromatic carbocycles. The van der Waals surface area contributed by atoms with Gasteiger partial charge in [0.1, 0.15) is 11.5 Å². The van der Waals surface area contributed by atoms with E-state index in [0.29, 0.717) is 40.1 Å². The molecular weight excluding hydrogens is 464 g/mol. The van der Waals surface area contributed by atoms with Crippen LogP contribution in [0.3, 0.4) is 0 Å². The molecule has 7 heteroatoms. The van der Waals surface area contributed by atoms with Crippen molar-refractivity contribution in [1.82, 2.24) is 4.98 Å². The summed E-state index contributed by atoms with van der Waals surface area (Å²) in [6.45, 7) is 8.42. The van der Waals surface area contributed by atoms with Crippen molar-refractivity contribution in [1.29, 1.82) is 0 Å². The molecule has 35 heavy (non-hydrogen) atoms. The van der Waals surface area contributed by atoms with Gasteiger partial charge >= 0.3 is 0 Å². The molecule has 1 aliphatic rings. The molecule has 1 N–H and O–H groups in total. The highest BCUT2D eigenvalue weighted by Gasteiger charge is 2.47. The molecule has 6 nitrogen and oxygen atoms in total. The second-order valence-corrected chi connectivity index (χ2v) is 9.48. The standard InChI is InChI=1S/C28H27ClN2O4/c1-16(2)15-35-23-10-8-19(12-18(23)4)26(32)24-25(20-6-5-11-30-14-20)31(28(34)27(24)33)21-9-7-17(3)22(29)13-21/h5-14,16,25,32H,15H2,1-4H3/b26-24+. The Hall–Kier alpha value is -3.64. The molecule has 1 fully saturated rings. The number of hydrogen-bond donors (Lipinski definition) is 1. The van der Waals surface area contributed by atoms with Gasteiger partial charge in [0.15, 0.2) is 0 Å². The second kappa shape index (κ2) is 9.92. The van der Waals surface area contributed by atoms with Crippen LogP contribution in [0.15, 0.2) is 66.5 Å². The van der Waals surface area contributed by atoms with Crippen molar-refractivity contribution >= 4 is 34.7 Å². The van der Waals surface area contributed by atoms with Crippen LogP contribution in [0.4, 0.5) is 5.69 Å². The third kappa shape index (κ3) is 4.80. The van der Waals surface area contributed by atoms with Gasteiger partial charge in [-0.2, -0.15) is 0 Å². The molecule has 1 unspecified atom stereocenters. The molecule has 1 aliphatic heterocycles. The summed E-state index contributed by atoms with van der Waals surface area (Å²) >= 11 is 6.33. The predicted octanol–water partition coefficient (Wildman–Crippen LogP) is 6.01. The van der Waals surface area contributed by atoms with Gasteiger partial charge in [-0.05, 0) is 72.9 Å². The lowest BCUT2D eigenvalue weighted by atomic mass is 9.95. The highest BCUT2D eigenvalue weighted by atomic mass is 35.5. The maximum absolute atomic E-state index is 13.3. The monoisotopic (exact) mass is 490 g/mol. The fourth-order valence-electron chi connectivity index (χ4n) is 4.05. The van der Waals surface area contributed by atoms with Crippen LogP contribution in [-0.2, 0) is 9.59 Å². The second-order valence-electron chi connectivity index (χ2n) is 9.07. The summed E-state index contributed by atoms with van der Waals surface area (Å²) in [7, 11) is 0. The van der Waals surface area contributed by atoms with Crippen LogP contribution in [0.5, 0.6) is 5.75 Å². The fourth-order valence-corrected chi connectivity index (χ4v) is 4.23. The van der Waals surface area contributed by atoms with Crippen molar-refractivity contribution in [2.45, 2.75) is 33.7 Å². The first-order valence-corrected chi connectivity index (χ1v) is 11.8. The molecule has 0 bridgehead atoms. The number of Topliss-reactive ketones (excluding diaryl/α,β-unsaturated/α-hetero) is 1. The van der Waals surface area contributed by atoms with Gasteiger partial charge in [-0.1, -0.05) is 37.6 Å². The first-order chi connectivity index (χ1) is 16.7. The van der Waals surface area contributed by atoms with E-state index in [2.05, 4.69) is 18.8 Å². The number of nitrogens with zero attached hydrogens (tertiary/aromatic N) is 2. The quantitative estimate of drug-likeness (QED) is 0.260. The van der Waals surface area contributed by atoms with Gasteiger partial charge in [-0.3, -0.25) is 19.5 Å². The van der Waals surface area contributed by atoms with E-state index in [4.69, 9.17) is 16.3 Å². The lowest BCUT2D eigenvalue weighted by Crippen LogP contribution is -2.29. The number of benzene rings is 2. The summed E-state index contributed by atoms with van der Waals surface area (Å²) in [5.74, 6) is -0.696. The number of amides is 1. The van der Waals surface area contributed by atoms with E-state index < -0.39 is 17.7 Å². The van der Waals surface area contributed by atoms with E-state index in [1.165, 1.54) is 4.90 Å². The van der Waals surface area contributed by atoms with Gasteiger partial charge in [-0.15, -0.1) is 0 Å². The Kier molecular flexibility index (Phi) is 6.94. The Morgan fingerprint density at radius 2 is 1.89 bits per heavy atom. The molecule has 1 aromatic heterocycles. The lowest BCUT2D eigenvalue weighted by Gasteiger charge is -2.25. The van der Waals surface area contributed by atoms with Crippen molar-refractivity contribution in [3.63, 3.8) is 0 Å². The number of aliphatic hydroxyl groups excluding tert-OH is 1. The Balaban J connectivity index is 1.84. The molecular formula is C28H27ClN2O4. The van der Waals surface area contributed by atoms with Crippen molar-refractivity contribution in [2.24, 2.45) is 5.92 Å². The molecule has 0 spiro atoms. The van der Waals surface area contributed by atoms with E-state index >= 15 is 0 Å². The third-order valence-electron chi connectivity index (χ3n) is 5.90. The molecule has 0 saturated carbocycles. The van der Waals surface area contributed by atoms with Crippen molar-refractivity contribution < 1.29 is 19.4 Å². The number of halogens is 1. The number of pyridine rings is 1. The number of carbonyl (C=O) groups is 2. The average Bonchev–Trinajstić information content (AvgIpc) is 3.10. The summed E-state index contributed by atoms with van der Waals surface area (Å²) in [6, 6.07) is 13.0. The molecule has 1 atom stereocenters. The fraction of sp³-hybridized carbons (Fsp3) is 0.250.